The van der Waals surface area contributed by atoms with E-state index in [0.717, 1.165) is 71.9 Å². The summed E-state index contributed by atoms with van der Waals surface area (Å²) >= 11 is 3.51. The van der Waals surface area contributed by atoms with Crippen LogP contribution in [0.5, 0.6) is 0 Å². The van der Waals surface area contributed by atoms with E-state index < -0.39 is 6.04 Å². The summed E-state index contributed by atoms with van der Waals surface area (Å²) in [6.45, 7) is 11.0. The molecule has 0 spiro atoms. The average Bonchev–Trinajstić information content (AvgIpc) is 3.65. The van der Waals surface area contributed by atoms with Crippen molar-refractivity contribution in [2.45, 2.75) is 77.3 Å². The van der Waals surface area contributed by atoms with Gasteiger partial charge < -0.3 is 16.0 Å². The monoisotopic (exact) mass is 599 g/mol. The highest BCUT2D eigenvalue weighted by Crippen LogP contribution is 2.28. The number of thioether (sulfide) groups is 1. The minimum atomic E-state index is -0.730. The second-order valence-corrected chi connectivity index (χ2v) is 13.5. The Morgan fingerprint density at radius 1 is 1.12 bits per heavy atom. The number of nitrogens with zero attached hydrogens (tertiary/aromatic N) is 2. The molecule has 2 aliphatic rings. The van der Waals surface area contributed by atoms with Crippen molar-refractivity contribution in [3.8, 4) is 0 Å². The Balaban J connectivity index is 1.42. The van der Waals surface area contributed by atoms with Crippen molar-refractivity contribution < 1.29 is 14.4 Å². The van der Waals surface area contributed by atoms with E-state index in [4.69, 9.17) is 4.98 Å². The lowest BCUT2D eigenvalue weighted by molar-refractivity contribution is -0.129. The third-order valence-electron chi connectivity index (χ3n) is 8.03. The Kier molecular flexibility index (Phi) is 12.1. The summed E-state index contributed by atoms with van der Waals surface area (Å²) in [6, 6.07) is 5.32. The van der Waals surface area contributed by atoms with Gasteiger partial charge in [-0.2, -0.15) is 11.8 Å². The van der Waals surface area contributed by atoms with Crippen LogP contribution in [0.1, 0.15) is 62.9 Å². The third kappa shape index (κ3) is 9.28. The molecule has 8 nitrogen and oxygen atoms in total. The molecular weight excluding hydrogens is 555 g/mol. The molecule has 224 valence electrons. The molecular formula is C31H45N5O3S2. The van der Waals surface area contributed by atoms with E-state index >= 15 is 0 Å². The zero-order valence-electron chi connectivity index (χ0n) is 24.5. The zero-order chi connectivity index (χ0) is 29.2. The van der Waals surface area contributed by atoms with E-state index in [-0.39, 0.29) is 29.7 Å². The molecule has 41 heavy (non-hydrogen) atoms. The van der Waals surface area contributed by atoms with E-state index in [1.165, 1.54) is 5.56 Å². The summed E-state index contributed by atoms with van der Waals surface area (Å²) in [5, 5.41) is 10.1. The van der Waals surface area contributed by atoms with Crippen molar-refractivity contribution in [2.24, 2.45) is 5.92 Å². The van der Waals surface area contributed by atoms with Crippen molar-refractivity contribution in [3.63, 3.8) is 0 Å². The molecule has 2 atom stereocenters. The predicted octanol–water partition coefficient (Wildman–Crippen LogP) is 4.08. The van der Waals surface area contributed by atoms with E-state index in [9.17, 15) is 14.4 Å². The quantitative estimate of drug-likeness (QED) is 0.283. The highest BCUT2D eigenvalue weighted by Gasteiger charge is 2.31. The van der Waals surface area contributed by atoms with E-state index in [0.29, 0.717) is 37.9 Å². The highest BCUT2D eigenvalue weighted by atomic mass is 32.2. The fourth-order valence-electron chi connectivity index (χ4n) is 5.61. The number of hydrogen-bond donors (Lipinski definition) is 3. The lowest BCUT2D eigenvalue weighted by Crippen LogP contribution is -2.55. The summed E-state index contributed by atoms with van der Waals surface area (Å²) in [4.78, 5) is 46.3. The Morgan fingerprint density at radius 2 is 1.88 bits per heavy atom. The second kappa shape index (κ2) is 15.7. The standard InChI is InChI=1S/C31H45N5O3S2/c1-4-8-28(37)33-25(18-29-34-24-12-11-22(5-2)17-27(24)41-29)31(39)35-26(23-9-6-7-10-23)19-32-30(38)21(3)20-36-13-15-40-16-14-36/h11-12,17,23,25-26H,3-10,13-16,18-20H2,1-2H3,(H,32,38)(H,33,37)(H,35,39)/t25-,26+/m0/s1. The third-order valence-corrected chi connectivity index (χ3v) is 10.0. The average molecular weight is 600 g/mol. The Morgan fingerprint density at radius 3 is 2.59 bits per heavy atom. The molecule has 0 radical (unpaired) electrons. The summed E-state index contributed by atoms with van der Waals surface area (Å²) in [6.07, 6.45) is 6.61. The number of benzene rings is 1. The Labute approximate surface area is 252 Å². The molecule has 2 aromatic rings. The van der Waals surface area contributed by atoms with Crippen LogP contribution in [-0.2, 0) is 27.2 Å². The van der Waals surface area contributed by atoms with Gasteiger partial charge in [-0.1, -0.05) is 39.3 Å². The Bertz CT molecular complexity index is 1200. The van der Waals surface area contributed by atoms with Gasteiger partial charge in [0, 0.05) is 62.1 Å². The first kappa shape index (κ1) is 31.5. The maximum Gasteiger partial charge on any atom is 0.247 e. The topological polar surface area (TPSA) is 103 Å². The first-order valence-corrected chi connectivity index (χ1v) is 17.1. The number of fused-ring (bicyclic) bond motifs is 1. The van der Waals surface area contributed by atoms with Gasteiger partial charge >= 0.3 is 0 Å². The predicted molar refractivity (Wildman–Crippen MR) is 169 cm³/mol. The van der Waals surface area contributed by atoms with Crippen molar-refractivity contribution >= 4 is 51.0 Å². The minimum absolute atomic E-state index is 0.139. The van der Waals surface area contributed by atoms with Crippen LogP contribution in [0, 0.1) is 5.92 Å². The Hall–Kier alpha value is -2.43. The van der Waals surface area contributed by atoms with Gasteiger partial charge in [0.2, 0.25) is 17.7 Å². The van der Waals surface area contributed by atoms with Crippen LogP contribution in [0.25, 0.3) is 10.2 Å². The lowest BCUT2D eigenvalue weighted by atomic mass is 9.97. The minimum Gasteiger partial charge on any atom is -0.350 e. The maximum atomic E-state index is 13.7. The number of carbonyl (C=O) groups excluding carboxylic acids is 3. The van der Waals surface area contributed by atoms with Gasteiger partial charge in [-0.15, -0.1) is 11.3 Å². The van der Waals surface area contributed by atoms with Gasteiger partial charge in [0.1, 0.15) is 6.04 Å². The van der Waals surface area contributed by atoms with E-state index in [2.05, 4.69) is 46.5 Å². The number of amides is 3. The number of rotatable bonds is 14. The first-order valence-electron chi connectivity index (χ1n) is 15.1. The maximum absolute atomic E-state index is 13.7. The first-order chi connectivity index (χ1) is 19.9. The van der Waals surface area contributed by atoms with Crippen molar-refractivity contribution in [1.29, 1.82) is 0 Å². The van der Waals surface area contributed by atoms with Gasteiger partial charge in [-0.25, -0.2) is 4.98 Å². The van der Waals surface area contributed by atoms with Gasteiger partial charge in [0.15, 0.2) is 0 Å². The summed E-state index contributed by atoms with van der Waals surface area (Å²) in [7, 11) is 0. The largest absolute Gasteiger partial charge is 0.350 e. The molecule has 0 bridgehead atoms. The number of carbonyl (C=O) groups is 3. The van der Waals surface area contributed by atoms with Crippen LogP contribution in [0.15, 0.2) is 30.4 Å². The van der Waals surface area contributed by atoms with Gasteiger partial charge in [-0.3, -0.25) is 19.3 Å². The normalized spacial score (nSPS) is 17.7. The number of nitrogens with one attached hydrogen (secondary N) is 3. The molecule has 1 aliphatic heterocycles. The summed E-state index contributed by atoms with van der Waals surface area (Å²) < 4.78 is 1.09. The molecule has 1 aliphatic carbocycles. The van der Waals surface area contributed by atoms with Crippen LogP contribution in [0.4, 0.5) is 0 Å². The van der Waals surface area contributed by atoms with Gasteiger partial charge in [0.05, 0.1) is 15.2 Å². The van der Waals surface area contributed by atoms with Crippen LogP contribution in [0.3, 0.4) is 0 Å². The van der Waals surface area contributed by atoms with Crippen LogP contribution < -0.4 is 16.0 Å². The SMILES string of the molecule is C=C(CN1CCSCC1)C(=O)NC[C@@H](NC(=O)[C@H](Cc1nc2ccc(CC)cc2s1)NC(=O)CCC)C1CCCC1. The molecule has 3 N–H and O–H groups in total. The van der Waals surface area contributed by atoms with Gasteiger partial charge in [-0.05, 0) is 49.3 Å². The lowest BCUT2D eigenvalue weighted by Gasteiger charge is -2.29. The fourth-order valence-corrected chi connectivity index (χ4v) is 7.66. The smallest absolute Gasteiger partial charge is 0.247 e. The number of aromatic nitrogens is 1. The van der Waals surface area contributed by atoms with Gasteiger partial charge in [0.25, 0.3) is 0 Å². The van der Waals surface area contributed by atoms with E-state index in [1.54, 1.807) is 11.3 Å². The molecule has 2 heterocycles. The summed E-state index contributed by atoms with van der Waals surface area (Å²) in [5.74, 6) is 1.93. The number of thiazole rings is 1. The molecule has 10 heteroatoms. The number of aryl methyl sites for hydroxylation is 1. The summed E-state index contributed by atoms with van der Waals surface area (Å²) in [5.41, 5.74) is 2.72. The van der Waals surface area contributed by atoms with Crippen molar-refractivity contribution in [2.75, 3.05) is 37.7 Å². The molecule has 1 aromatic heterocycles. The van der Waals surface area contributed by atoms with Crippen LogP contribution in [0.2, 0.25) is 0 Å². The van der Waals surface area contributed by atoms with Crippen molar-refractivity contribution in [3.05, 3.63) is 40.9 Å². The second-order valence-electron chi connectivity index (χ2n) is 11.2. The van der Waals surface area contributed by atoms with Crippen LogP contribution in [-0.4, -0.2) is 77.4 Å². The number of hydrogen-bond acceptors (Lipinski definition) is 7. The van der Waals surface area contributed by atoms with E-state index in [1.807, 2.05) is 24.8 Å². The molecule has 1 saturated heterocycles. The highest BCUT2D eigenvalue weighted by molar-refractivity contribution is 7.99. The fraction of sp³-hybridized carbons (Fsp3) is 0.613. The molecule has 2 fully saturated rings. The molecule has 3 amide bonds. The van der Waals surface area contributed by atoms with Crippen LogP contribution >= 0.6 is 23.1 Å². The molecule has 1 saturated carbocycles. The molecule has 4 rings (SSSR count). The zero-order valence-corrected chi connectivity index (χ0v) is 26.1. The molecule has 1 aromatic carbocycles. The molecule has 0 unspecified atom stereocenters. The van der Waals surface area contributed by atoms with Crippen molar-refractivity contribution in [1.82, 2.24) is 25.8 Å².